The fourth-order valence-corrected chi connectivity index (χ4v) is 6.16. The maximum Gasteiger partial charge on any atom is 0.357 e. The molecule has 4 aliphatic carbocycles. The van der Waals surface area contributed by atoms with E-state index in [1.54, 1.807) is 24.4 Å². The number of aryl methyl sites for hydroxylation is 1. The highest BCUT2D eigenvalue weighted by Crippen LogP contribution is 2.63. The molecule has 4 aliphatic rings. The molecule has 2 aromatic rings. The topological polar surface area (TPSA) is 81.2 Å². The van der Waals surface area contributed by atoms with Gasteiger partial charge < -0.3 is 10.1 Å². The molecule has 2 unspecified atom stereocenters. The van der Waals surface area contributed by atoms with E-state index in [-0.39, 0.29) is 11.9 Å². The van der Waals surface area contributed by atoms with E-state index in [1.807, 2.05) is 25.1 Å². The standard InChI is InChI=1S/C23H25N3O3/c1-15-5-4-7-19(25-15)26-21(28)22-10-16-9-17(11-22)13-23(12-16,14-22)29-20(27)18-6-2-3-8-24-18/h2-8,16-17H,9-14H2,1H3,(H,25,26,28). The zero-order chi connectivity index (χ0) is 20.1. The van der Waals surface area contributed by atoms with Crippen LogP contribution in [-0.2, 0) is 9.53 Å². The number of hydrogen-bond donors (Lipinski definition) is 1. The van der Waals surface area contributed by atoms with E-state index in [2.05, 4.69) is 15.3 Å². The number of nitrogens with one attached hydrogen (secondary N) is 1. The summed E-state index contributed by atoms with van der Waals surface area (Å²) in [5.74, 6) is 1.06. The predicted molar refractivity (Wildman–Crippen MR) is 107 cm³/mol. The van der Waals surface area contributed by atoms with Gasteiger partial charge in [-0.3, -0.25) is 4.79 Å². The van der Waals surface area contributed by atoms with Gasteiger partial charge in [-0.05, 0) is 75.1 Å². The van der Waals surface area contributed by atoms with Crippen LogP contribution < -0.4 is 5.32 Å². The highest BCUT2D eigenvalue weighted by molar-refractivity contribution is 5.95. The molecule has 6 nitrogen and oxygen atoms in total. The number of hydrogen-bond acceptors (Lipinski definition) is 5. The van der Waals surface area contributed by atoms with Gasteiger partial charge >= 0.3 is 5.97 Å². The Bertz CT molecular complexity index is 945. The lowest BCUT2D eigenvalue weighted by molar-refractivity contribution is -0.176. The lowest BCUT2D eigenvalue weighted by Crippen LogP contribution is -2.60. The summed E-state index contributed by atoms with van der Waals surface area (Å²) in [5.41, 5.74) is 0.149. The number of rotatable bonds is 4. The monoisotopic (exact) mass is 391 g/mol. The molecule has 1 amide bonds. The van der Waals surface area contributed by atoms with Gasteiger partial charge in [0.2, 0.25) is 5.91 Å². The van der Waals surface area contributed by atoms with Crippen molar-refractivity contribution in [1.82, 2.24) is 9.97 Å². The fraction of sp³-hybridized carbons (Fsp3) is 0.478. The third kappa shape index (κ3) is 3.30. The molecule has 6 rings (SSSR count). The van der Waals surface area contributed by atoms with Crippen molar-refractivity contribution < 1.29 is 14.3 Å². The Labute approximate surface area is 170 Å². The Morgan fingerprint density at radius 3 is 2.55 bits per heavy atom. The van der Waals surface area contributed by atoms with Crippen LogP contribution in [0, 0.1) is 24.2 Å². The summed E-state index contributed by atoms with van der Waals surface area (Å²) in [5, 5.41) is 3.04. The lowest BCUT2D eigenvalue weighted by Gasteiger charge is -2.60. The van der Waals surface area contributed by atoms with Crippen molar-refractivity contribution in [1.29, 1.82) is 0 Å². The van der Waals surface area contributed by atoms with Gasteiger partial charge in [0.25, 0.3) is 0 Å². The second-order valence-electron chi connectivity index (χ2n) is 9.15. The first kappa shape index (κ1) is 18.3. The first-order chi connectivity index (χ1) is 14.0. The molecule has 6 heteroatoms. The van der Waals surface area contributed by atoms with Crippen LogP contribution in [0.4, 0.5) is 5.82 Å². The minimum absolute atomic E-state index is 0.0166. The average Bonchev–Trinajstić information content (AvgIpc) is 2.67. The molecule has 1 N–H and O–H groups in total. The maximum atomic E-state index is 13.4. The fourth-order valence-electron chi connectivity index (χ4n) is 6.16. The number of anilines is 1. The van der Waals surface area contributed by atoms with Crippen LogP contribution in [0.2, 0.25) is 0 Å². The van der Waals surface area contributed by atoms with E-state index in [4.69, 9.17) is 4.74 Å². The molecule has 4 bridgehead atoms. The van der Waals surface area contributed by atoms with E-state index in [0.29, 0.717) is 29.8 Å². The minimum Gasteiger partial charge on any atom is -0.454 e. The maximum absolute atomic E-state index is 13.4. The predicted octanol–water partition coefficient (Wildman–Crippen LogP) is 3.92. The molecule has 4 fully saturated rings. The van der Waals surface area contributed by atoms with Crippen LogP contribution >= 0.6 is 0 Å². The first-order valence-corrected chi connectivity index (χ1v) is 10.3. The van der Waals surface area contributed by atoms with Crippen molar-refractivity contribution in [2.24, 2.45) is 17.3 Å². The van der Waals surface area contributed by atoms with Crippen LogP contribution in [0.3, 0.4) is 0 Å². The van der Waals surface area contributed by atoms with Crippen molar-refractivity contribution in [2.75, 3.05) is 5.32 Å². The molecule has 29 heavy (non-hydrogen) atoms. The molecule has 0 aliphatic heterocycles. The Morgan fingerprint density at radius 1 is 1.07 bits per heavy atom. The van der Waals surface area contributed by atoms with E-state index >= 15 is 0 Å². The summed E-state index contributed by atoms with van der Waals surface area (Å²) in [4.78, 5) is 34.7. The van der Waals surface area contributed by atoms with Crippen LogP contribution in [-0.4, -0.2) is 27.4 Å². The number of pyridine rings is 2. The number of carbonyl (C=O) groups is 2. The smallest absolute Gasteiger partial charge is 0.357 e. The Kier molecular flexibility index (Phi) is 4.19. The summed E-state index contributed by atoms with van der Waals surface area (Å²) in [7, 11) is 0. The molecule has 0 radical (unpaired) electrons. The molecule has 2 heterocycles. The molecule has 0 spiro atoms. The van der Waals surface area contributed by atoms with E-state index in [9.17, 15) is 9.59 Å². The summed E-state index contributed by atoms with van der Waals surface area (Å²) in [6, 6.07) is 10.9. The molecule has 2 aromatic heterocycles. The minimum atomic E-state index is -0.559. The van der Waals surface area contributed by atoms with Crippen molar-refractivity contribution in [3.05, 3.63) is 54.0 Å². The van der Waals surface area contributed by atoms with Gasteiger partial charge in [-0.2, -0.15) is 0 Å². The number of aromatic nitrogens is 2. The molecular formula is C23H25N3O3. The van der Waals surface area contributed by atoms with Crippen LogP contribution in [0.1, 0.15) is 54.7 Å². The summed E-state index contributed by atoms with van der Waals surface area (Å²) >= 11 is 0. The second kappa shape index (κ2) is 6.65. The zero-order valence-electron chi connectivity index (χ0n) is 16.6. The van der Waals surface area contributed by atoms with Crippen molar-refractivity contribution in [3.8, 4) is 0 Å². The molecular weight excluding hydrogens is 366 g/mol. The SMILES string of the molecule is Cc1cccc(NC(=O)C23CC4CC(CC(OC(=O)c5ccccn5)(C4)C2)C3)n1. The summed E-state index contributed by atoms with van der Waals surface area (Å²) in [6.45, 7) is 1.91. The molecule has 150 valence electrons. The van der Waals surface area contributed by atoms with Gasteiger partial charge in [-0.1, -0.05) is 12.1 Å². The zero-order valence-corrected chi connectivity index (χ0v) is 16.6. The number of esters is 1. The number of nitrogens with zero attached hydrogens (tertiary/aromatic N) is 2. The normalized spacial score (nSPS) is 32.0. The Hall–Kier alpha value is -2.76. The van der Waals surface area contributed by atoms with Gasteiger partial charge in [0.05, 0.1) is 5.41 Å². The first-order valence-electron chi connectivity index (χ1n) is 10.3. The number of ether oxygens (including phenoxy) is 1. The van der Waals surface area contributed by atoms with Gasteiger partial charge in [0, 0.05) is 18.3 Å². The van der Waals surface area contributed by atoms with Gasteiger partial charge in [0.1, 0.15) is 17.1 Å². The highest BCUT2D eigenvalue weighted by Gasteiger charge is 2.62. The van der Waals surface area contributed by atoms with E-state index in [1.165, 1.54) is 0 Å². The third-order valence-electron chi connectivity index (χ3n) is 6.80. The van der Waals surface area contributed by atoms with Crippen molar-refractivity contribution in [2.45, 2.75) is 51.0 Å². The molecule has 0 aromatic carbocycles. The van der Waals surface area contributed by atoms with Crippen LogP contribution in [0.5, 0.6) is 0 Å². The van der Waals surface area contributed by atoms with Gasteiger partial charge in [-0.15, -0.1) is 0 Å². The van der Waals surface area contributed by atoms with Crippen LogP contribution in [0.25, 0.3) is 0 Å². The van der Waals surface area contributed by atoms with Crippen molar-refractivity contribution in [3.63, 3.8) is 0 Å². The van der Waals surface area contributed by atoms with E-state index < -0.39 is 11.0 Å². The van der Waals surface area contributed by atoms with Gasteiger partial charge in [-0.25, -0.2) is 14.8 Å². The summed E-state index contributed by atoms with van der Waals surface area (Å²) in [6.07, 6.45) is 6.73. The number of amides is 1. The molecule has 2 atom stereocenters. The summed E-state index contributed by atoms with van der Waals surface area (Å²) < 4.78 is 6.08. The Morgan fingerprint density at radius 2 is 1.86 bits per heavy atom. The largest absolute Gasteiger partial charge is 0.454 e. The Balaban J connectivity index is 1.39. The highest BCUT2D eigenvalue weighted by atomic mass is 16.6. The van der Waals surface area contributed by atoms with Crippen molar-refractivity contribution >= 4 is 17.7 Å². The van der Waals surface area contributed by atoms with Gasteiger partial charge in [0.15, 0.2) is 0 Å². The van der Waals surface area contributed by atoms with E-state index in [0.717, 1.165) is 37.8 Å². The lowest BCUT2D eigenvalue weighted by atomic mass is 9.47. The third-order valence-corrected chi connectivity index (χ3v) is 6.80. The number of carbonyl (C=O) groups excluding carboxylic acids is 2. The average molecular weight is 391 g/mol. The van der Waals surface area contributed by atoms with Crippen LogP contribution in [0.15, 0.2) is 42.6 Å². The molecule has 4 saturated carbocycles. The molecule has 0 saturated heterocycles. The second-order valence-corrected chi connectivity index (χ2v) is 9.15. The quantitative estimate of drug-likeness (QED) is 0.799.